The van der Waals surface area contributed by atoms with Gasteiger partial charge in [0.05, 0.1) is 27.7 Å². The zero-order valence-corrected chi connectivity index (χ0v) is 68.0. The topological polar surface area (TPSA) is 108 Å². The van der Waals surface area contributed by atoms with Gasteiger partial charge in [0.25, 0.3) is 0 Å². The van der Waals surface area contributed by atoms with E-state index in [4.69, 9.17) is 18.5 Å². The van der Waals surface area contributed by atoms with Crippen LogP contribution in [0.2, 0.25) is 0 Å². The molecule has 0 amide bonds. The summed E-state index contributed by atoms with van der Waals surface area (Å²) in [6, 6.07) is 0. The Morgan fingerprint density at radius 3 is 0.755 bits per heavy atom. The Balaban J connectivity index is 3.83. The largest absolute Gasteiger partial charge is 0.472 e. The molecule has 98 heavy (non-hydrogen) atoms. The number of ether oxygens (including phenoxy) is 2. The smallest absolute Gasteiger partial charge is 0.462 e. The second kappa shape index (κ2) is 79.9. The van der Waals surface area contributed by atoms with E-state index in [-0.39, 0.29) is 25.6 Å². The van der Waals surface area contributed by atoms with Gasteiger partial charge in [0.2, 0.25) is 0 Å². The van der Waals surface area contributed by atoms with Crippen LogP contribution in [0.1, 0.15) is 489 Å². The minimum Gasteiger partial charge on any atom is -0.462 e. The van der Waals surface area contributed by atoms with Gasteiger partial charge in [-0.1, -0.05) is 450 Å². The monoisotopic (exact) mass is 1410 g/mol. The lowest BCUT2D eigenvalue weighted by atomic mass is 10.0. The predicted molar refractivity (Wildman–Crippen MR) is 428 cm³/mol. The summed E-state index contributed by atoms with van der Waals surface area (Å²) in [4.78, 5) is 36.0. The van der Waals surface area contributed by atoms with Gasteiger partial charge in [0, 0.05) is 12.8 Å². The van der Waals surface area contributed by atoms with E-state index in [0.717, 1.165) is 38.5 Å². The van der Waals surface area contributed by atoms with Crippen LogP contribution in [0.4, 0.5) is 0 Å². The van der Waals surface area contributed by atoms with E-state index in [0.29, 0.717) is 17.4 Å². The normalized spacial score (nSPS) is 12.9. The molecule has 0 rings (SSSR count). The third-order valence-electron chi connectivity index (χ3n) is 20.8. The molecule has 2 atom stereocenters. The van der Waals surface area contributed by atoms with E-state index >= 15 is 0 Å². The highest BCUT2D eigenvalue weighted by Gasteiger charge is 2.27. The minimum absolute atomic E-state index is 0.0373. The Morgan fingerprint density at radius 2 is 0.520 bits per heavy atom. The lowest BCUT2D eigenvalue weighted by Gasteiger charge is -2.24. The molecule has 9 nitrogen and oxygen atoms in total. The fourth-order valence-corrected chi connectivity index (χ4v) is 14.8. The van der Waals surface area contributed by atoms with E-state index in [9.17, 15) is 19.0 Å². The maximum absolute atomic E-state index is 12.9. The number of nitrogens with zero attached hydrogens (tertiary/aromatic N) is 1. The number of hydrogen-bond acceptors (Lipinski definition) is 7. The molecule has 0 heterocycles. The van der Waals surface area contributed by atoms with E-state index in [1.807, 2.05) is 21.1 Å². The molecular formula is C88H175NO8P+. The molecule has 0 spiro atoms. The lowest BCUT2D eigenvalue weighted by molar-refractivity contribution is -0.870. The standard InChI is InChI=1S/C88H174NO8P/c1-6-8-10-12-14-16-18-20-22-24-26-28-30-32-34-36-38-40-42-43-44-45-47-49-51-53-55-57-59-61-63-65-67-69-71-73-75-77-79-81-88(91)97-86(85-96-98(92,93)95-83-82-89(3,4)5)84-94-87(90)80-78-76-74-72-70-68-66-64-62-60-58-56-54-52-50-48-46-41-39-37-35-33-31-29-27-25-23-21-19-17-15-13-11-9-7-2/h24,26,86H,6-23,25,27-85H2,1-5H3/p+1/b26-24-. The molecule has 0 aliphatic rings. The molecule has 0 saturated heterocycles. The van der Waals surface area contributed by atoms with Gasteiger partial charge >= 0.3 is 19.8 Å². The van der Waals surface area contributed by atoms with E-state index < -0.39 is 26.5 Å². The number of likely N-dealkylation sites (N-methyl/N-ethyl adjacent to an activating group) is 1. The van der Waals surface area contributed by atoms with Crippen LogP contribution in [0.3, 0.4) is 0 Å². The molecule has 0 aliphatic heterocycles. The van der Waals surface area contributed by atoms with Crippen molar-refractivity contribution in [1.82, 2.24) is 0 Å². The summed E-state index contributed by atoms with van der Waals surface area (Å²) in [7, 11) is 1.51. The van der Waals surface area contributed by atoms with Crippen LogP contribution in [0.15, 0.2) is 12.2 Å². The summed E-state index contributed by atoms with van der Waals surface area (Å²) in [6.07, 6.45) is 103. The average molecular weight is 1410 g/mol. The van der Waals surface area contributed by atoms with Crippen molar-refractivity contribution >= 4 is 19.8 Å². The summed E-state index contributed by atoms with van der Waals surface area (Å²) in [6.45, 7) is 4.54. The van der Waals surface area contributed by atoms with Crippen molar-refractivity contribution in [2.24, 2.45) is 0 Å². The first-order valence-corrected chi connectivity index (χ1v) is 45.9. The summed E-state index contributed by atoms with van der Waals surface area (Å²) < 4.78 is 34.9. The maximum Gasteiger partial charge on any atom is 0.472 e. The van der Waals surface area contributed by atoms with Crippen LogP contribution in [0.5, 0.6) is 0 Å². The van der Waals surface area contributed by atoms with Crippen molar-refractivity contribution in [2.45, 2.75) is 495 Å². The second-order valence-corrected chi connectivity index (χ2v) is 33.5. The molecule has 10 heteroatoms. The lowest BCUT2D eigenvalue weighted by Crippen LogP contribution is -2.37. The van der Waals surface area contributed by atoms with Crippen molar-refractivity contribution in [2.75, 3.05) is 47.5 Å². The van der Waals surface area contributed by atoms with Gasteiger partial charge in [0.1, 0.15) is 19.8 Å². The molecular weight excluding hydrogens is 1230 g/mol. The van der Waals surface area contributed by atoms with Crippen LogP contribution in [0, 0.1) is 0 Å². The second-order valence-electron chi connectivity index (χ2n) is 32.0. The van der Waals surface area contributed by atoms with Crippen LogP contribution in [-0.2, 0) is 32.7 Å². The summed E-state index contributed by atoms with van der Waals surface area (Å²) in [5.74, 6) is -0.764. The third kappa shape index (κ3) is 83.7. The number of carbonyl (C=O) groups is 2. The zero-order valence-electron chi connectivity index (χ0n) is 67.1. The molecule has 0 aromatic rings. The molecule has 0 aromatic carbocycles. The number of esters is 2. The number of rotatable bonds is 85. The first kappa shape index (κ1) is 96.8. The maximum atomic E-state index is 12.9. The number of quaternary nitrogens is 1. The van der Waals surface area contributed by atoms with Crippen molar-refractivity contribution in [1.29, 1.82) is 0 Å². The fourth-order valence-electron chi connectivity index (χ4n) is 14.0. The molecule has 0 fully saturated rings. The minimum atomic E-state index is -4.39. The van der Waals surface area contributed by atoms with Gasteiger partial charge in [0.15, 0.2) is 6.10 Å². The van der Waals surface area contributed by atoms with Gasteiger partial charge < -0.3 is 18.9 Å². The van der Waals surface area contributed by atoms with Crippen LogP contribution < -0.4 is 0 Å². The molecule has 0 saturated carbocycles. The van der Waals surface area contributed by atoms with Gasteiger partial charge in [-0.2, -0.15) is 0 Å². The average Bonchev–Trinajstić information content (AvgIpc) is 1.23. The zero-order chi connectivity index (χ0) is 71.1. The molecule has 584 valence electrons. The Bertz CT molecular complexity index is 1650. The molecule has 2 unspecified atom stereocenters. The first-order chi connectivity index (χ1) is 48.0. The SMILES string of the molecule is CCCCCCCCCC/C=C\CCCCCCCCCCCCCCCCCCCCCCCCCCCCCC(=O)OC(COC(=O)CCCCCCCCCCCCCCCCCCCCCCCCCCCCCCCCCCCCC)COP(=O)(O)OCC[N+](C)(C)C. The van der Waals surface area contributed by atoms with Gasteiger partial charge in [-0.15, -0.1) is 0 Å². The molecule has 0 aliphatic carbocycles. The quantitative estimate of drug-likeness (QED) is 0.0211. The Hall–Kier alpha value is -1.25. The van der Waals surface area contributed by atoms with Crippen molar-refractivity contribution in [3.63, 3.8) is 0 Å². The highest BCUT2D eigenvalue weighted by atomic mass is 31.2. The Morgan fingerprint density at radius 1 is 0.306 bits per heavy atom. The van der Waals surface area contributed by atoms with Crippen molar-refractivity contribution < 1.29 is 42.1 Å². The highest BCUT2D eigenvalue weighted by molar-refractivity contribution is 7.47. The first-order valence-electron chi connectivity index (χ1n) is 44.4. The Labute approximate surface area is 613 Å². The molecule has 0 radical (unpaired) electrons. The van der Waals surface area contributed by atoms with Crippen LogP contribution in [0.25, 0.3) is 0 Å². The van der Waals surface area contributed by atoms with Gasteiger partial charge in [-0.3, -0.25) is 18.6 Å². The molecule has 0 bridgehead atoms. The highest BCUT2D eigenvalue weighted by Crippen LogP contribution is 2.43. The van der Waals surface area contributed by atoms with Crippen LogP contribution in [-0.4, -0.2) is 74.9 Å². The summed E-state index contributed by atoms with van der Waals surface area (Å²) in [5.41, 5.74) is 0. The number of unbranched alkanes of at least 4 members (excludes halogenated alkanes) is 69. The van der Waals surface area contributed by atoms with E-state index in [1.165, 1.54) is 424 Å². The summed E-state index contributed by atoms with van der Waals surface area (Å²) >= 11 is 0. The van der Waals surface area contributed by atoms with E-state index in [2.05, 4.69) is 26.0 Å². The Kier molecular flexibility index (Phi) is 78.8. The summed E-state index contributed by atoms with van der Waals surface area (Å²) in [5, 5.41) is 0. The number of carbonyl (C=O) groups excluding carboxylic acids is 2. The van der Waals surface area contributed by atoms with E-state index in [1.54, 1.807) is 0 Å². The predicted octanol–water partition coefficient (Wildman–Crippen LogP) is 29.7. The number of allylic oxidation sites excluding steroid dienone is 2. The van der Waals surface area contributed by atoms with Gasteiger partial charge in [-0.25, -0.2) is 4.57 Å². The molecule has 1 N–H and O–H groups in total. The molecule has 0 aromatic heterocycles. The van der Waals surface area contributed by atoms with Crippen molar-refractivity contribution in [3.8, 4) is 0 Å². The fraction of sp³-hybridized carbons (Fsp3) is 0.955. The third-order valence-corrected chi connectivity index (χ3v) is 21.8. The number of phosphoric acid groups is 1. The van der Waals surface area contributed by atoms with Crippen molar-refractivity contribution in [3.05, 3.63) is 12.2 Å². The number of phosphoric ester groups is 1. The van der Waals surface area contributed by atoms with Gasteiger partial charge in [-0.05, 0) is 38.5 Å². The number of hydrogen-bond donors (Lipinski definition) is 1. The van der Waals surface area contributed by atoms with Crippen LogP contribution >= 0.6 is 7.82 Å².